The molecule has 0 rings (SSSR count). The summed E-state index contributed by atoms with van der Waals surface area (Å²) in [6.45, 7) is 3.79. The van der Waals surface area contributed by atoms with Gasteiger partial charge < -0.3 is 10.1 Å². The standard InChI is InChI=1S/C8H15NO3/c1-4-7(6(2)10)5-9-8(11)12-3/h7H,4-5H2,1-3H3,(H,9,11). The molecule has 1 unspecified atom stereocenters. The van der Waals surface area contributed by atoms with Gasteiger partial charge in [-0.25, -0.2) is 4.79 Å². The lowest BCUT2D eigenvalue weighted by molar-refractivity contribution is -0.120. The summed E-state index contributed by atoms with van der Waals surface area (Å²) in [7, 11) is 1.30. The lowest BCUT2D eigenvalue weighted by atomic mass is 10.0. The van der Waals surface area contributed by atoms with Gasteiger partial charge in [0.1, 0.15) is 5.78 Å². The van der Waals surface area contributed by atoms with E-state index in [1.807, 2.05) is 6.92 Å². The zero-order valence-corrected chi connectivity index (χ0v) is 7.72. The lowest BCUT2D eigenvalue weighted by Gasteiger charge is -2.10. The minimum atomic E-state index is -0.491. The fourth-order valence-electron chi connectivity index (χ4n) is 0.854. The molecule has 0 aliphatic heterocycles. The van der Waals surface area contributed by atoms with Crippen molar-refractivity contribution in [2.75, 3.05) is 13.7 Å². The number of alkyl carbamates (subject to hydrolysis) is 1. The van der Waals surface area contributed by atoms with Crippen molar-refractivity contribution >= 4 is 11.9 Å². The van der Waals surface area contributed by atoms with Crippen LogP contribution in [0, 0.1) is 5.92 Å². The van der Waals surface area contributed by atoms with Gasteiger partial charge in [-0.3, -0.25) is 4.79 Å². The molecule has 12 heavy (non-hydrogen) atoms. The number of carbonyl (C=O) groups is 2. The Hall–Kier alpha value is -1.06. The third-order valence-electron chi connectivity index (χ3n) is 1.75. The van der Waals surface area contributed by atoms with Crippen LogP contribution in [-0.2, 0) is 9.53 Å². The highest BCUT2D eigenvalue weighted by Gasteiger charge is 2.12. The third-order valence-corrected chi connectivity index (χ3v) is 1.75. The Morgan fingerprint density at radius 1 is 1.50 bits per heavy atom. The number of hydrogen-bond acceptors (Lipinski definition) is 3. The summed E-state index contributed by atoms with van der Waals surface area (Å²) >= 11 is 0. The number of amides is 1. The van der Waals surface area contributed by atoms with Crippen molar-refractivity contribution in [3.63, 3.8) is 0 Å². The van der Waals surface area contributed by atoms with Crippen LogP contribution in [0.4, 0.5) is 4.79 Å². The molecule has 0 aromatic heterocycles. The highest BCUT2D eigenvalue weighted by molar-refractivity contribution is 5.79. The second-order valence-electron chi connectivity index (χ2n) is 2.59. The van der Waals surface area contributed by atoms with E-state index in [4.69, 9.17) is 0 Å². The molecule has 0 fully saturated rings. The Labute approximate surface area is 72.3 Å². The maximum absolute atomic E-state index is 10.9. The van der Waals surface area contributed by atoms with E-state index in [2.05, 4.69) is 10.1 Å². The van der Waals surface area contributed by atoms with Crippen molar-refractivity contribution in [3.05, 3.63) is 0 Å². The Kier molecular flexibility index (Phi) is 5.08. The minimum Gasteiger partial charge on any atom is -0.453 e. The lowest BCUT2D eigenvalue weighted by Crippen LogP contribution is -2.31. The highest BCUT2D eigenvalue weighted by atomic mass is 16.5. The number of rotatable bonds is 4. The van der Waals surface area contributed by atoms with Crippen molar-refractivity contribution in [2.45, 2.75) is 20.3 Å². The van der Waals surface area contributed by atoms with Crippen LogP contribution in [0.15, 0.2) is 0 Å². The summed E-state index contributed by atoms with van der Waals surface area (Å²) < 4.78 is 4.36. The van der Waals surface area contributed by atoms with Crippen LogP contribution >= 0.6 is 0 Å². The molecule has 0 aromatic rings. The van der Waals surface area contributed by atoms with Crippen molar-refractivity contribution in [1.82, 2.24) is 5.32 Å². The van der Waals surface area contributed by atoms with Crippen LogP contribution < -0.4 is 5.32 Å². The zero-order valence-electron chi connectivity index (χ0n) is 7.72. The fraction of sp³-hybridized carbons (Fsp3) is 0.750. The van der Waals surface area contributed by atoms with Crippen molar-refractivity contribution in [2.24, 2.45) is 5.92 Å². The van der Waals surface area contributed by atoms with E-state index >= 15 is 0 Å². The zero-order chi connectivity index (χ0) is 9.56. The quantitative estimate of drug-likeness (QED) is 0.688. The third kappa shape index (κ3) is 3.95. The number of Topliss-reactive ketones (excluding diaryl/α,β-unsaturated/α-hetero) is 1. The molecular formula is C8H15NO3. The van der Waals surface area contributed by atoms with Crippen LogP contribution in [0.5, 0.6) is 0 Å². The Morgan fingerprint density at radius 3 is 2.42 bits per heavy atom. The monoisotopic (exact) mass is 173 g/mol. The molecule has 1 atom stereocenters. The van der Waals surface area contributed by atoms with Gasteiger partial charge in [-0.1, -0.05) is 6.92 Å². The molecule has 0 saturated heterocycles. The van der Waals surface area contributed by atoms with Gasteiger partial charge in [0.15, 0.2) is 0 Å². The number of carbonyl (C=O) groups excluding carboxylic acids is 2. The van der Waals surface area contributed by atoms with Crippen LogP contribution in [0.3, 0.4) is 0 Å². The molecule has 0 aromatic carbocycles. The number of nitrogens with one attached hydrogen (secondary N) is 1. The van der Waals surface area contributed by atoms with Crippen LogP contribution in [0.1, 0.15) is 20.3 Å². The largest absolute Gasteiger partial charge is 0.453 e. The first-order valence-electron chi connectivity index (χ1n) is 3.94. The second-order valence-corrected chi connectivity index (χ2v) is 2.59. The molecule has 0 bridgehead atoms. The van der Waals surface area contributed by atoms with E-state index < -0.39 is 6.09 Å². The molecule has 4 heteroatoms. The topological polar surface area (TPSA) is 55.4 Å². The van der Waals surface area contributed by atoms with E-state index in [1.54, 1.807) is 0 Å². The summed E-state index contributed by atoms with van der Waals surface area (Å²) in [5.74, 6) is -0.00185. The number of hydrogen-bond donors (Lipinski definition) is 1. The average molecular weight is 173 g/mol. The normalized spacial score (nSPS) is 11.9. The van der Waals surface area contributed by atoms with E-state index in [9.17, 15) is 9.59 Å². The summed E-state index contributed by atoms with van der Waals surface area (Å²) in [6, 6.07) is 0. The first kappa shape index (κ1) is 10.9. The predicted molar refractivity (Wildman–Crippen MR) is 44.9 cm³/mol. The first-order valence-corrected chi connectivity index (χ1v) is 3.94. The van der Waals surface area contributed by atoms with Crippen molar-refractivity contribution < 1.29 is 14.3 Å². The van der Waals surface area contributed by atoms with Gasteiger partial charge >= 0.3 is 6.09 Å². The molecule has 1 amide bonds. The maximum atomic E-state index is 10.9. The van der Waals surface area contributed by atoms with E-state index in [1.165, 1.54) is 14.0 Å². The molecule has 0 heterocycles. The molecule has 4 nitrogen and oxygen atoms in total. The Bertz CT molecular complexity index is 168. The van der Waals surface area contributed by atoms with Crippen molar-refractivity contribution in [3.8, 4) is 0 Å². The van der Waals surface area contributed by atoms with Gasteiger partial charge in [-0.05, 0) is 13.3 Å². The minimum absolute atomic E-state index is 0.0916. The summed E-state index contributed by atoms with van der Waals surface area (Å²) in [4.78, 5) is 21.5. The molecule has 0 aliphatic carbocycles. The van der Waals surface area contributed by atoms with Crippen LogP contribution in [0.2, 0.25) is 0 Å². The number of ketones is 1. The Balaban J connectivity index is 3.73. The first-order chi connectivity index (χ1) is 5.61. The number of methoxy groups -OCH3 is 1. The highest BCUT2D eigenvalue weighted by Crippen LogP contribution is 2.01. The van der Waals surface area contributed by atoms with Crippen LogP contribution in [-0.4, -0.2) is 25.5 Å². The molecule has 0 aliphatic rings. The van der Waals surface area contributed by atoms with E-state index in [-0.39, 0.29) is 11.7 Å². The second kappa shape index (κ2) is 5.57. The maximum Gasteiger partial charge on any atom is 0.406 e. The average Bonchev–Trinajstić information content (AvgIpc) is 2.04. The smallest absolute Gasteiger partial charge is 0.406 e. The van der Waals surface area contributed by atoms with Gasteiger partial charge in [0.2, 0.25) is 0 Å². The fourth-order valence-corrected chi connectivity index (χ4v) is 0.854. The number of ether oxygens (including phenoxy) is 1. The van der Waals surface area contributed by atoms with E-state index in [0.717, 1.165) is 6.42 Å². The summed E-state index contributed by atoms with van der Waals surface area (Å²) in [6.07, 6.45) is 0.244. The molecule has 0 radical (unpaired) electrons. The van der Waals surface area contributed by atoms with E-state index in [0.29, 0.717) is 6.54 Å². The summed E-state index contributed by atoms with van der Waals surface area (Å²) in [5, 5.41) is 2.48. The van der Waals surface area contributed by atoms with Gasteiger partial charge in [-0.15, -0.1) is 0 Å². The molecular weight excluding hydrogens is 158 g/mol. The predicted octanol–water partition coefficient (Wildman–Crippen LogP) is 0.958. The Morgan fingerprint density at radius 2 is 2.08 bits per heavy atom. The summed E-state index contributed by atoms with van der Waals surface area (Å²) in [5.41, 5.74) is 0. The van der Waals surface area contributed by atoms with Gasteiger partial charge in [-0.2, -0.15) is 0 Å². The van der Waals surface area contributed by atoms with Gasteiger partial charge in [0.25, 0.3) is 0 Å². The molecule has 0 saturated carbocycles. The molecule has 70 valence electrons. The van der Waals surface area contributed by atoms with Gasteiger partial charge in [0.05, 0.1) is 7.11 Å². The SMILES string of the molecule is CCC(CNC(=O)OC)C(C)=O. The molecule has 1 N–H and O–H groups in total. The molecule has 0 spiro atoms. The van der Waals surface area contributed by atoms with Crippen molar-refractivity contribution in [1.29, 1.82) is 0 Å². The van der Waals surface area contributed by atoms with Gasteiger partial charge in [0, 0.05) is 12.5 Å². The van der Waals surface area contributed by atoms with Crippen LogP contribution in [0.25, 0.3) is 0 Å².